The minimum absolute atomic E-state index is 0.0759. The molecule has 0 aliphatic heterocycles. The van der Waals surface area contributed by atoms with Gasteiger partial charge in [-0.3, -0.25) is 0 Å². The number of benzene rings is 1. The van der Waals surface area contributed by atoms with Crippen molar-refractivity contribution in [3.8, 4) is 11.5 Å². The number of allylic oxidation sites excluding steroid dienone is 2. The molecule has 0 aromatic heterocycles. The molecule has 0 amide bonds. The van der Waals surface area contributed by atoms with E-state index in [0.717, 1.165) is 12.0 Å². The van der Waals surface area contributed by atoms with Crippen LogP contribution in [-0.4, -0.2) is 60.0 Å². The van der Waals surface area contributed by atoms with Crippen LogP contribution in [0.15, 0.2) is 35.9 Å². The van der Waals surface area contributed by atoms with Gasteiger partial charge in [-0.1, -0.05) is 30.6 Å². The van der Waals surface area contributed by atoms with Gasteiger partial charge in [-0.15, -0.1) is 11.7 Å². The molecular weight excluding hydrogens is 330 g/mol. The number of phenols is 2. The molecule has 0 saturated carbocycles. The van der Waals surface area contributed by atoms with Gasteiger partial charge in [-0.2, -0.15) is 0 Å². The van der Waals surface area contributed by atoms with Crippen LogP contribution in [0.1, 0.15) is 43.2 Å². The maximum absolute atomic E-state index is 10.6. The zero-order valence-corrected chi connectivity index (χ0v) is 15.7. The monoisotopic (exact) mass is 352 g/mol. The summed E-state index contributed by atoms with van der Waals surface area (Å²) >= 11 is 0. The lowest BCUT2D eigenvalue weighted by Crippen LogP contribution is -2.36. The van der Waals surface area contributed by atoms with Gasteiger partial charge in [0.1, 0.15) is 27.2 Å². The predicted molar refractivity (Wildman–Crippen MR) is 113 cm³/mol. The van der Waals surface area contributed by atoms with Crippen LogP contribution in [0.3, 0.4) is 0 Å². The molecule has 2 unspecified atom stereocenters. The van der Waals surface area contributed by atoms with Gasteiger partial charge in [-0.05, 0) is 42.9 Å². The van der Waals surface area contributed by atoms with E-state index in [-0.39, 0.29) is 23.0 Å². The van der Waals surface area contributed by atoms with Crippen LogP contribution in [0.25, 0.3) is 0 Å². The highest BCUT2D eigenvalue weighted by molar-refractivity contribution is 6.61. The van der Waals surface area contributed by atoms with E-state index in [1.165, 1.54) is 0 Å². The first kappa shape index (κ1) is 21.9. The summed E-state index contributed by atoms with van der Waals surface area (Å²) in [5, 5.41) is 27.6. The summed E-state index contributed by atoms with van der Waals surface area (Å²) in [6.45, 7) is 5.93. The Hall–Kier alpha value is -1.42. The normalized spacial score (nSPS) is 20.9. The second-order valence-corrected chi connectivity index (χ2v) is 7.44. The van der Waals surface area contributed by atoms with Crippen molar-refractivity contribution < 1.29 is 15.3 Å². The topological polar surface area (TPSA) is 60.7 Å². The molecule has 1 aliphatic carbocycles. The van der Waals surface area contributed by atoms with Crippen molar-refractivity contribution in [1.82, 2.24) is 0 Å². The summed E-state index contributed by atoms with van der Waals surface area (Å²) in [4.78, 5) is 0. The zero-order valence-electron chi connectivity index (χ0n) is 15.7. The molecule has 3 N–H and O–H groups in total. The third-order valence-corrected chi connectivity index (χ3v) is 5.13. The lowest BCUT2D eigenvalue weighted by Gasteiger charge is -2.40. The first-order chi connectivity index (χ1) is 12.4. The summed E-state index contributed by atoms with van der Waals surface area (Å²) in [6.07, 6.45) is 4.02. The van der Waals surface area contributed by atoms with Crippen molar-refractivity contribution in [3.05, 3.63) is 47.1 Å². The zero-order chi connectivity index (χ0) is 20.6. The van der Waals surface area contributed by atoms with Gasteiger partial charge >= 0.3 is 0 Å². The number of aliphatic hydroxyl groups is 1. The lowest BCUT2D eigenvalue weighted by atomic mass is 9.37. The summed E-state index contributed by atoms with van der Waals surface area (Å²) in [5.74, 6) is -1.14. The van der Waals surface area contributed by atoms with Crippen molar-refractivity contribution in [1.29, 1.82) is 0 Å². The van der Waals surface area contributed by atoms with Gasteiger partial charge in [0.05, 0.1) is 23.5 Å². The third kappa shape index (κ3) is 4.90. The average Bonchev–Trinajstić information content (AvgIpc) is 2.52. The average molecular weight is 351 g/mol. The Balaban J connectivity index is 2.60. The highest BCUT2D eigenvalue weighted by Gasteiger charge is 2.36. The fourth-order valence-electron chi connectivity index (χ4n) is 3.69. The van der Waals surface area contributed by atoms with E-state index in [4.69, 9.17) is 39.2 Å². The summed E-state index contributed by atoms with van der Waals surface area (Å²) in [7, 11) is 28.7. The van der Waals surface area contributed by atoms with Crippen LogP contribution < -0.4 is 0 Å². The molecular formula is C19H21B5O3. The fraction of sp³-hybridized carbons (Fsp3) is 0.474. The summed E-state index contributed by atoms with van der Waals surface area (Å²) in [5.41, 5.74) is 1.82. The van der Waals surface area contributed by atoms with Crippen LogP contribution in [0.4, 0.5) is 0 Å². The first-order valence-electron chi connectivity index (χ1n) is 8.98. The molecule has 1 aromatic rings. The van der Waals surface area contributed by atoms with Crippen LogP contribution in [0, 0.1) is 5.92 Å². The van der Waals surface area contributed by atoms with Crippen molar-refractivity contribution in [2.24, 2.45) is 5.92 Å². The predicted octanol–water partition coefficient (Wildman–Crippen LogP) is 1.59. The highest BCUT2D eigenvalue weighted by atomic mass is 16.3. The lowest BCUT2D eigenvalue weighted by molar-refractivity contribution is 0.237. The Bertz CT molecular complexity index is 724. The first-order valence-corrected chi connectivity index (χ1v) is 8.98. The molecule has 2 atom stereocenters. The molecule has 1 aliphatic rings. The second kappa shape index (κ2) is 7.91. The van der Waals surface area contributed by atoms with Gasteiger partial charge in [0, 0.05) is 16.9 Å². The van der Waals surface area contributed by atoms with Gasteiger partial charge in [0.2, 0.25) is 0 Å². The van der Waals surface area contributed by atoms with E-state index in [2.05, 4.69) is 6.58 Å². The van der Waals surface area contributed by atoms with Crippen LogP contribution in [0.2, 0.25) is 5.11 Å². The summed E-state index contributed by atoms with van der Waals surface area (Å²) in [6, 6.07) is 3.22. The van der Waals surface area contributed by atoms with E-state index in [0.29, 0.717) is 30.4 Å². The van der Waals surface area contributed by atoms with Crippen molar-refractivity contribution in [2.75, 3.05) is 0 Å². The molecule has 10 radical (unpaired) electrons. The van der Waals surface area contributed by atoms with Gasteiger partial charge < -0.3 is 15.3 Å². The number of rotatable bonds is 6. The Morgan fingerprint density at radius 1 is 1.15 bits per heavy atom. The molecule has 130 valence electrons. The Morgan fingerprint density at radius 2 is 1.70 bits per heavy atom. The molecule has 2 rings (SSSR count). The Labute approximate surface area is 168 Å². The van der Waals surface area contributed by atoms with Crippen LogP contribution in [0.5, 0.6) is 11.5 Å². The fourth-order valence-corrected chi connectivity index (χ4v) is 3.69. The molecule has 8 heteroatoms. The number of hydrogen-bond acceptors (Lipinski definition) is 3. The number of phenolic OH excluding ortho intramolecular Hbond substituents is 2. The smallest absolute Gasteiger partial charge is 0.123 e. The molecule has 0 bridgehead atoms. The van der Waals surface area contributed by atoms with Gasteiger partial charge in [0.15, 0.2) is 0 Å². The number of aromatic hydroxyl groups is 2. The van der Waals surface area contributed by atoms with Crippen LogP contribution in [-0.2, 0) is 6.42 Å². The van der Waals surface area contributed by atoms with E-state index in [1.54, 1.807) is 18.2 Å². The summed E-state index contributed by atoms with van der Waals surface area (Å²) < 4.78 is 0. The maximum atomic E-state index is 10.6. The quantitative estimate of drug-likeness (QED) is 0.539. The van der Waals surface area contributed by atoms with E-state index >= 15 is 0 Å². The Morgan fingerprint density at radius 3 is 2.15 bits per heavy atom. The van der Waals surface area contributed by atoms with Crippen molar-refractivity contribution in [2.45, 2.75) is 49.0 Å². The van der Waals surface area contributed by atoms with E-state index in [9.17, 15) is 15.3 Å². The standard InChI is InChI=1S/C19H21B5O3/c1-3-4-11-7-15(25)17(16(26)8-11)14-9-12(19(23,24)27)5-6-13(14)10(2)18(20,21)22/h7-9,13-14,25-27H,2-6H2,1H3. The molecule has 1 aromatic carbocycles. The minimum atomic E-state index is -2.01. The molecule has 0 saturated heterocycles. The largest absolute Gasteiger partial charge is 0.507 e. The molecule has 0 spiro atoms. The van der Waals surface area contributed by atoms with Gasteiger partial charge in [0.25, 0.3) is 0 Å². The maximum Gasteiger partial charge on any atom is 0.123 e. The van der Waals surface area contributed by atoms with Crippen LogP contribution >= 0.6 is 0 Å². The van der Waals surface area contributed by atoms with Gasteiger partial charge in [-0.25, -0.2) is 0 Å². The highest BCUT2D eigenvalue weighted by Crippen LogP contribution is 2.50. The molecule has 27 heavy (non-hydrogen) atoms. The number of hydrogen-bond donors (Lipinski definition) is 3. The van der Waals surface area contributed by atoms with E-state index in [1.807, 2.05) is 6.92 Å². The second-order valence-electron chi connectivity index (χ2n) is 7.44. The van der Waals surface area contributed by atoms with Crippen molar-refractivity contribution >= 4 is 39.2 Å². The molecule has 3 nitrogen and oxygen atoms in total. The SMILES string of the molecule is [B]C([B])([B])C(=C)C1CCC(C([B])([B])O)=CC1c1c(O)cc(CCC)cc1O. The third-order valence-electron chi connectivity index (χ3n) is 5.13. The molecule has 0 fully saturated rings. The minimum Gasteiger partial charge on any atom is -0.507 e. The van der Waals surface area contributed by atoms with E-state index < -0.39 is 16.4 Å². The Kier molecular flexibility index (Phi) is 6.41. The molecule has 0 heterocycles. The number of aryl methyl sites for hydroxylation is 1. The van der Waals surface area contributed by atoms with Crippen molar-refractivity contribution in [3.63, 3.8) is 0 Å².